The summed E-state index contributed by atoms with van der Waals surface area (Å²) in [6, 6.07) is 3.69. The normalized spacial score (nSPS) is 18.0. The zero-order valence-electron chi connectivity index (χ0n) is 13.4. The Morgan fingerprint density at radius 1 is 1.08 bits per heavy atom. The van der Waals surface area contributed by atoms with Gasteiger partial charge in [-0.3, -0.25) is 0 Å². The molecule has 136 valence electrons. The molecular weight excluding hydrogens is 341 g/mol. The van der Waals surface area contributed by atoms with Crippen LogP contribution in [-0.4, -0.2) is 32.4 Å². The number of unbranched alkanes of at least 4 members (excludes halogenated alkanes) is 1. The molecule has 1 heterocycles. The van der Waals surface area contributed by atoms with Crippen molar-refractivity contribution < 1.29 is 21.6 Å². The van der Waals surface area contributed by atoms with Crippen LogP contribution >= 0.6 is 0 Å². The van der Waals surface area contributed by atoms with Crippen molar-refractivity contribution in [3.8, 4) is 0 Å². The van der Waals surface area contributed by atoms with Crippen LogP contribution in [0.1, 0.15) is 37.7 Å². The standard InChI is InChI=1S/C16H23F3N2O2S/c17-16(18,19)14-4-6-15(7-5-14)24(22,23)21-11-8-13(9-12-21)3-1-2-10-20/h4-7,13H,1-3,8-12,20H2. The number of benzene rings is 1. The molecule has 4 nitrogen and oxygen atoms in total. The topological polar surface area (TPSA) is 63.4 Å². The van der Waals surface area contributed by atoms with Gasteiger partial charge in [-0.2, -0.15) is 17.5 Å². The smallest absolute Gasteiger partial charge is 0.330 e. The van der Waals surface area contributed by atoms with Gasteiger partial charge in [0, 0.05) is 13.1 Å². The third-order valence-electron chi connectivity index (χ3n) is 4.46. The van der Waals surface area contributed by atoms with Crippen molar-refractivity contribution in [1.82, 2.24) is 4.31 Å². The maximum Gasteiger partial charge on any atom is 0.416 e. The van der Waals surface area contributed by atoms with Gasteiger partial charge in [-0.05, 0) is 56.0 Å². The van der Waals surface area contributed by atoms with E-state index in [-0.39, 0.29) is 4.90 Å². The van der Waals surface area contributed by atoms with Gasteiger partial charge < -0.3 is 5.73 Å². The number of piperidine rings is 1. The second kappa shape index (κ2) is 7.84. The summed E-state index contributed by atoms with van der Waals surface area (Å²) >= 11 is 0. The zero-order chi connectivity index (χ0) is 17.8. The van der Waals surface area contributed by atoms with E-state index >= 15 is 0 Å². The molecule has 0 aliphatic carbocycles. The number of hydrogen-bond donors (Lipinski definition) is 1. The quantitative estimate of drug-likeness (QED) is 0.788. The van der Waals surface area contributed by atoms with E-state index in [4.69, 9.17) is 5.73 Å². The first-order valence-corrected chi connectivity index (χ1v) is 9.56. The van der Waals surface area contributed by atoms with Gasteiger partial charge in [0.15, 0.2) is 0 Å². The van der Waals surface area contributed by atoms with E-state index in [9.17, 15) is 21.6 Å². The summed E-state index contributed by atoms with van der Waals surface area (Å²) in [6.45, 7) is 1.49. The minimum absolute atomic E-state index is 0.0860. The maximum atomic E-state index is 12.6. The summed E-state index contributed by atoms with van der Waals surface area (Å²) in [5.74, 6) is 0.496. The third-order valence-corrected chi connectivity index (χ3v) is 6.37. The molecule has 8 heteroatoms. The summed E-state index contributed by atoms with van der Waals surface area (Å²) in [6.07, 6.45) is 0.168. The number of alkyl halides is 3. The summed E-state index contributed by atoms with van der Waals surface area (Å²) in [5.41, 5.74) is 4.62. The highest BCUT2D eigenvalue weighted by Crippen LogP contribution is 2.31. The van der Waals surface area contributed by atoms with Crippen LogP contribution in [0.15, 0.2) is 29.2 Å². The second-order valence-corrected chi connectivity index (χ2v) is 8.09. The molecule has 0 amide bonds. The van der Waals surface area contributed by atoms with Crippen LogP contribution in [0.5, 0.6) is 0 Å². The Bertz CT molecular complexity index is 622. The lowest BCUT2D eigenvalue weighted by atomic mass is 9.92. The van der Waals surface area contributed by atoms with Gasteiger partial charge in [0.1, 0.15) is 0 Å². The van der Waals surface area contributed by atoms with Gasteiger partial charge in [0.25, 0.3) is 0 Å². The molecule has 0 saturated carbocycles. The van der Waals surface area contributed by atoms with Gasteiger partial charge in [-0.15, -0.1) is 0 Å². The minimum Gasteiger partial charge on any atom is -0.330 e. The summed E-state index contributed by atoms with van der Waals surface area (Å²) in [7, 11) is -3.73. The molecule has 0 atom stereocenters. The van der Waals surface area contributed by atoms with Crippen LogP contribution in [0.3, 0.4) is 0 Å². The van der Waals surface area contributed by atoms with Gasteiger partial charge in [0.05, 0.1) is 10.5 Å². The summed E-state index contributed by atoms with van der Waals surface area (Å²) in [5, 5.41) is 0. The molecule has 0 radical (unpaired) electrons. The van der Waals surface area contributed by atoms with E-state index in [0.29, 0.717) is 25.6 Å². The molecular formula is C16H23F3N2O2S. The zero-order valence-corrected chi connectivity index (χ0v) is 14.2. The Morgan fingerprint density at radius 2 is 1.67 bits per heavy atom. The van der Waals surface area contributed by atoms with Gasteiger partial charge in [0.2, 0.25) is 10.0 Å². The SMILES string of the molecule is NCCCCC1CCN(S(=O)(=O)c2ccc(C(F)(F)F)cc2)CC1. The first-order chi connectivity index (χ1) is 11.2. The van der Waals surface area contributed by atoms with Crippen molar-refractivity contribution in [1.29, 1.82) is 0 Å². The van der Waals surface area contributed by atoms with E-state index in [1.807, 2.05) is 0 Å². The number of hydrogen-bond acceptors (Lipinski definition) is 3. The molecule has 1 aliphatic heterocycles. The van der Waals surface area contributed by atoms with Gasteiger partial charge in [-0.1, -0.05) is 12.8 Å². The molecule has 1 aliphatic rings. The average molecular weight is 364 g/mol. The average Bonchev–Trinajstić information content (AvgIpc) is 2.55. The summed E-state index contributed by atoms with van der Waals surface area (Å²) < 4.78 is 64.2. The Labute approximate surface area is 140 Å². The highest BCUT2D eigenvalue weighted by molar-refractivity contribution is 7.89. The molecule has 1 aromatic rings. The van der Waals surface area contributed by atoms with Crippen LogP contribution in [0.2, 0.25) is 0 Å². The van der Waals surface area contributed by atoms with E-state index in [0.717, 1.165) is 56.4 Å². The molecule has 0 spiro atoms. The Kier molecular flexibility index (Phi) is 6.28. The fourth-order valence-corrected chi connectivity index (χ4v) is 4.45. The van der Waals surface area contributed by atoms with Crippen LogP contribution in [-0.2, 0) is 16.2 Å². The largest absolute Gasteiger partial charge is 0.416 e. The van der Waals surface area contributed by atoms with Crippen molar-refractivity contribution in [2.75, 3.05) is 19.6 Å². The van der Waals surface area contributed by atoms with Crippen LogP contribution in [0.25, 0.3) is 0 Å². The van der Waals surface area contributed by atoms with Crippen molar-refractivity contribution >= 4 is 10.0 Å². The van der Waals surface area contributed by atoms with Crippen LogP contribution < -0.4 is 5.73 Å². The van der Waals surface area contributed by atoms with E-state index in [2.05, 4.69) is 0 Å². The molecule has 0 bridgehead atoms. The monoisotopic (exact) mass is 364 g/mol. The lowest BCUT2D eigenvalue weighted by molar-refractivity contribution is -0.137. The number of sulfonamides is 1. The van der Waals surface area contributed by atoms with Crippen molar-refractivity contribution in [2.24, 2.45) is 11.7 Å². The fraction of sp³-hybridized carbons (Fsp3) is 0.625. The molecule has 1 saturated heterocycles. The first kappa shape index (κ1) is 19.2. The molecule has 2 N–H and O–H groups in total. The van der Waals surface area contributed by atoms with E-state index < -0.39 is 21.8 Å². The first-order valence-electron chi connectivity index (χ1n) is 8.12. The lowest BCUT2D eigenvalue weighted by Crippen LogP contribution is -2.38. The van der Waals surface area contributed by atoms with Crippen molar-refractivity contribution in [3.63, 3.8) is 0 Å². The lowest BCUT2D eigenvalue weighted by Gasteiger charge is -2.31. The molecule has 2 rings (SSSR count). The van der Waals surface area contributed by atoms with Gasteiger partial charge in [-0.25, -0.2) is 8.42 Å². The fourth-order valence-electron chi connectivity index (χ4n) is 2.98. The minimum atomic E-state index is -4.47. The Morgan fingerprint density at radius 3 is 2.17 bits per heavy atom. The highest BCUT2D eigenvalue weighted by Gasteiger charge is 2.32. The second-order valence-electron chi connectivity index (χ2n) is 6.15. The molecule has 24 heavy (non-hydrogen) atoms. The van der Waals surface area contributed by atoms with E-state index in [1.165, 1.54) is 4.31 Å². The van der Waals surface area contributed by atoms with Crippen molar-refractivity contribution in [3.05, 3.63) is 29.8 Å². The summed E-state index contributed by atoms with van der Waals surface area (Å²) in [4.78, 5) is -0.0860. The Hall–Kier alpha value is -1.12. The van der Waals surface area contributed by atoms with Gasteiger partial charge >= 0.3 is 6.18 Å². The molecule has 0 unspecified atom stereocenters. The number of nitrogens with zero attached hydrogens (tertiary/aromatic N) is 1. The predicted octanol–water partition coefficient (Wildman–Crippen LogP) is 3.24. The van der Waals surface area contributed by atoms with E-state index in [1.54, 1.807) is 0 Å². The predicted molar refractivity (Wildman–Crippen MR) is 85.8 cm³/mol. The van der Waals surface area contributed by atoms with Crippen molar-refractivity contribution in [2.45, 2.75) is 43.2 Å². The molecule has 1 aromatic carbocycles. The number of rotatable bonds is 6. The highest BCUT2D eigenvalue weighted by atomic mass is 32.2. The molecule has 1 fully saturated rings. The third kappa shape index (κ3) is 4.70. The number of halogens is 3. The number of nitrogens with two attached hydrogens (primary N) is 1. The van der Waals surface area contributed by atoms with Crippen LogP contribution in [0.4, 0.5) is 13.2 Å². The maximum absolute atomic E-state index is 12.6. The molecule has 0 aromatic heterocycles. The van der Waals surface area contributed by atoms with Crippen LogP contribution in [0, 0.1) is 5.92 Å². The Balaban J connectivity index is 1.99.